The van der Waals surface area contributed by atoms with Gasteiger partial charge in [0.25, 0.3) is 5.56 Å². The van der Waals surface area contributed by atoms with Crippen LogP contribution in [0.25, 0.3) is 10.8 Å². The summed E-state index contributed by atoms with van der Waals surface area (Å²) in [5.41, 5.74) is 2.69. The molecule has 2 aliphatic rings. The zero-order valence-electron chi connectivity index (χ0n) is 14.7. The Bertz CT molecular complexity index is 1120. The molecule has 0 spiro atoms. The van der Waals surface area contributed by atoms with Gasteiger partial charge in [-0.15, -0.1) is 0 Å². The second-order valence-electron chi connectivity index (χ2n) is 6.98. The lowest BCUT2D eigenvalue weighted by Gasteiger charge is -2.36. The van der Waals surface area contributed by atoms with E-state index >= 15 is 0 Å². The highest BCUT2D eigenvalue weighted by Gasteiger charge is 2.39. The molecule has 27 heavy (non-hydrogen) atoms. The molecule has 136 valence electrons. The van der Waals surface area contributed by atoms with Gasteiger partial charge < -0.3 is 10.2 Å². The predicted octanol–water partition coefficient (Wildman–Crippen LogP) is 3.17. The number of H-pyrrole nitrogens is 1. The van der Waals surface area contributed by atoms with Crippen LogP contribution in [0.3, 0.4) is 0 Å². The zero-order valence-corrected chi connectivity index (χ0v) is 15.5. The smallest absolute Gasteiger partial charge is 0.272 e. The molecule has 2 aliphatic heterocycles. The fraction of sp³-hybridized carbons (Fsp3) is 0.250. The average molecular weight is 380 g/mol. The van der Waals surface area contributed by atoms with Gasteiger partial charge in [0.05, 0.1) is 29.6 Å². The maximum Gasteiger partial charge on any atom is 0.272 e. The molecule has 2 N–H and O–H groups in total. The molecule has 0 amide bonds. The molecule has 0 saturated heterocycles. The van der Waals surface area contributed by atoms with Crippen molar-refractivity contribution in [3.63, 3.8) is 0 Å². The van der Waals surface area contributed by atoms with Gasteiger partial charge in [-0.2, -0.15) is 5.10 Å². The minimum atomic E-state index is -0.178. The Balaban J connectivity index is 1.77. The number of rotatable bonds is 2. The zero-order chi connectivity index (χ0) is 18.5. The molecule has 6 nitrogen and oxygen atoms in total. The number of aromatic amines is 1. The molecular formula is C20H18ClN5O. The molecule has 0 fully saturated rings. The van der Waals surface area contributed by atoms with Crippen molar-refractivity contribution in [3.8, 4) is 0 Å². The van der Waals surface area contributed by atoms with Crippen LogP contribution in [0.1, 0.15) is 23.2 Å². The molecule has 7 heteroatoms. The van der Waals surface area contributed by atoms with E-state index in [2.05, 4.69) is 20.4 Å². The Hall–Kier alpha value is -2.86. The molecule has 0 bridgehead atoms. The second kappa shape index (κ2) is 6.09. The van der Waals surface area contributed by atoms with E-state index < -0.39 is 0 Å². The van der Waals surface area contributed by atoms with Crippen molar-refractivity contribution in [1.29, 1.82) is 0 Å². The van der Waals surface area contributed by atoms with Crippen LogP contribution in [0, 0.1) is 0 Å². The van der Waals surface area contributed by atoms with Crippen molar-refractivity contribution in [3.05, 3.63) is 69.1 Å². The third-order valence-electron chi connectivity index (χ3n) is 5.39. The fourth-order valence-electron chi connectivity index (χ4n) is 4.10. The van der Waals surface area contributed by atoms with Crippen molar-refractivity contribution in [1.82, 2.24) is 15.1 Å². The fourth-order valence-corrected chi connectivity index (χ4v) is 4.23. The molecule has 0 saturated carbocycles. The first-order valence-electron chi connectivity index (χ1n) is 8.92. The molecule has 2 aromatic carbocycles. The number of aliphatic imine (C=N–C) groups is 1. The van der Waals surface area contributed by atoms with Crippen molar-refractivity contribution < 1.29 is 0 Å². The Morgan fingerprint density at radius 3 is 2.74 bits per heavy atom. The average Bonchev–Trinajstić information content (AvgIpc) is 3.10. The summed E-state index contributed by atoms with van der Waals surface area (Å²) in [7, 11) is 2.05. The number of nitrogens with one attached hydrogen (secondary N) is 2. The number of likely N-dealkylation sites (N-methyl/N-ethyl adjacent to an activating group) is 1. The summed E-state index contributed by atoms with van der Waals surface area (Å²) in [6, 6.07) is 13.5. The van der Waals surface area contributed by atoms with Gasteiger partial charge >= 0.3 is 0 Å². The van der Waals surface area contributed by atoms with Crippen LogP contribution < -0.4 is 10.9 Å². The monoisotopic (exact) mass is 379 g/mol. The first-order valence-corrected chi connectivity index (χ1v) is 9.30. The van der Waals surface area contributed by atoms with Gasteiger partial charge in [0, 0.05) is 29.7 Å². The van der Waals surface area contributed by atoms with E-state index in [1.165, 1.54) is 0 Å². The Labute approximate surface area is 160 Å². The number of amidine groups is 1. The summed E-state index contributed by atoms with van der Waals surface area (Å²) in [4.78, 5) is 19.2. The van der Waals surface area contributed by atoms with E-state index in [0.29, 0.717) is 10.4 Å². The second-order valence-corrected chi connectivity index (χ2v) is 7.42. The Morgan fingerprint density at radius 2 is 2.00 bits per heavy atom. The third kappa shape index (κ3) is 2.51. The Morgan fingerprint density at radius 1 is 1.19 bits per heavy atom. The quantitative estimate of drug-likeness (QED) is 0.717. The van der Waals surface area contributed by atoms with Gasteiger partial charge in [-0.05, 0) is 29.8 Å². The van der Waals surface area contributed by atoms with Crippen LogP contribution >= 0.6 is 11.6 Å². The largest absolute Gasteiger partial charge is 0.377 e. The summed E-state index contributed by atoms with van der Waals surface area (Å²) in [5.74, 6) is 0.880. The molecule has 5 rings (SSSR count). The van der Waals surface area contributed by atoms with Crippen LogP contribution in [-0.2, 0) is 0 Å². The highest BCUT2D eigenvalue weighted by Crippen LogP contribution is 2.44. The van der Waals surface area contributed by atoms with E-state index in [1.54, 1.807) is 0 Å². The minimum Gasteiger partial charge on any atom is -0.377 e. The van der Waals surface area contributed by atoms with Crippen LogP contribution in [0.5, 0.6) is 0 Å². The lowest BCUT2D eigenvalue weighted by Crippen LogP contribution is -2.37. The van der Waals surface area contributed by atoms with Gasteiger partial charge in [0.2, 0.25) is 0 Å². The number of halogens is 1. The minimum absolute atomic E-state index is 0.0573. The van der Waals surface area contributed by atoms with Crippen LogP contribution in [0.2, 0.25) is 5.02 Å². The summed E-state index contributed by atoms with van der Waals surface area (Å²) < 4.78 is 0. The number of anilines is 1. The van der Waals surface area contributed by atoms with Gasteiger partial charge in [0.15, 0.2) is 0 Å². The third-order valence-corrected chi connectivity index (χ3v) is 5.64. The lowest BCUT2D eigenvalue weighted by molar-refractivity contribution is 0.518. The summed E-state index contributed by atoms with van der Waals surface area (Å²) in [5, 5.41) is 13.0. The number of hydrogen-bond donors (Lipinski definition) is 2. The van der Waals surface area contributed by atoms with Crippen molar-refractivity contribution in [2.24, 2.45) is 4.99 Å². The maximum absolute atomic E-state index is 12.3. The van der Waals surface area contributed by atoms with Gasteiger partial charge in [-0.1, -0.05) is 29.8 Å². The lowest BCUT2D eigenvalue weighted by atomic mass is 9.83. The topological polar surface area (TPSA) is 73.4 Å². The van der Waals surface area contributed by atoms with Gasteiger partial charge in [-0.3, -0.25) is 9.79 Å². The van der Waals surface area contributed by atoms with Crippen LogP contribution in [-0.4, -0.2) is 41.1 Å². The highest BCUT2D eigenvalue weighted by atomic mass is 35.5. The molecule has 2 atom stereocenters. The van der Waals surface area contributed by atoms with E-state index in [0.717, 1.165) is 41.3 Å². The molecule has 3 heterocycles. The normalized spacial score (nSPS) is 21.3. The van der Waals surface area contributed by atoms with Crippen molar-refractivity contribution in [2.75, 3.05) is 25.5 Å². The van der Waals surface area contributed by atoms with Gasteiger partial charge in [-0.25, -0.2) is 5.10 Å². The Kier molecular flexibility index (Phi) is 3.68. The maximum atomic E-state index is 12.3. The molecule has 1 aromatic heterocycles. The molecule has 0 aliphatic carbocycles. The molecular weight excluding hydrogens is 362 g/mol. The van der Waals surface area contributed by atoms with E-state index in [4.69, 9.17) is 16.6 Å². The SMILES string of the molecule is CN1CCN=C1[C@H]1c2n[nH]c(=O)c3cccc(c23)N[C@@H]1c1ccc(Cl)cc1. The molecule has 0 radical (unpaired) electrons. The predicted molar refractivity (Wildman–Crippen MR) is 108 cm³/mol. The number of benzene rings is 2. The van der Waals surface area contributed by atoms with E-state index in [1.807, 2.05) is 49.5 Å². The van der Waals surface area contributed by atoms with Crippen LogP contribution in [0.4, 0.5) is 5.69 Å². The number of hydrogen-bond acceptors (Lipinski definition) is 5. The van der Waals surface area contributed by atoms with E-state index in [-0.39, 0.29) is 17.5 Å². The van der Waals surface area contributed by atoms with Crippen molar-refractivity contribution >= 4 is 33.9 Å². The van der Waals surface area contributed by atoms with Gasteiger partial charge in [0.1, 0.15) is 5.84 Å². The first kappa shape index (κ1) is 16.3. The summed E-state index contributed by atoms with van der Waals surface area (Å²) in [6.07, 6.45) is 0. The van der Waals surface area contributed by atoms with Crippen LogP contribution in [0.15, 0.2) is 52.3 Å². The highest BCUT2D eigenvalue weighted by molar-refractivity contribution is 6.30. The number of nitrogens with zero attached hydrogens (tertiary/aromatic N) is 3. The summed E-state index contributed by atoms with van der Waals surface area (Å²) >= 11 is 6.10. The summed E-state index contributed by atoms with van der Waals surface area (Å²) in [6.45, 7) is 1.65. The van der Waals surface area contributed by atoms with Crippen molar-refractivity contribution in [2.45, 2.75) is 12.0 Å². The number of aromatic nitrogens is 2. The first-order chi connectivity index (χ1) is 13.1. The van der Waals surface area contributed by atoms with E-state index in [9.17, 15) is 4.79 Å². The molecule has 3 aromatic rings. The standard InChI is InChI=1S/C20H18ClN5O/c1-26-10-9-22-19(26)16-17(11-5-7-12(21)8-6-11)23-14-4-2-3-13-15(14)18(16)24-25-20(13)27/h2-8,16-17,23H,9-10H2,1H3,(H,25,27)/t16-,17-/m1/s1. The molecule has 0 unspecified atom stereocenters.